The third kappa shape index (κ3) is 4.65. The summed E-state index contributed by atoms with van der Waals surface area (Å²) in [5, 5.41) is 23.2. The first-order valence-corrected chi connectivity index (χ1v) is 7.42. The molecule has 2 N–H and O–H groups in total. The first kappa shape index (κ1) is 18.2. The van der Waals surface area contributed by atoms with Gasteiger partial charge in [-0.3, -0.25) is 14.9 Å². The van der Waals surface area contributed by atoms with E-state index in [-0.39, 0.29) is 16.9 Å². The van der Waals surface area contributed by atoms with Crippen LogP contribution >= 0.6 is 11.6 Å². The summed E-state index contributed by atoms with van der Waals surface area (Å²) in [5.74, 6) is -1.90. The fraction of sp³-hybridized carbons (Fsp3) is 0.0588. The highest BCUT2D eigenvalue weighted by Gasteiger charge is 2.15. The van der Waals surface area contributed by atoms with E-state index in [1.54, 1.807) is 6.92 Å². The van der Waals surface area contributed by atoms with Gasteiger partial charge in [0.25, 0.3) is 5.69 Å². The van der Waals surface area contributed by atoms with E-state index < -0.39 is 22.4 Å². The van der Waals surface area contributed by atoms with Gasteiger partial charge in [0.2, 0.25) is 0 Å². The van der Waals surface area contributed by atoms with E-state index in [9.17, 15) is 24.8 Å². The number of nitro groups is 1. The van der Waals surface area contributed by atoms with Crippen LogP contribution in [0.2, 0.25) is 5.02 Å². The zero-order valence-electron chi connectivity index (χ0n) is 13.0. The number of nitrogens with one attached hydrogen (secondary N) is 1. The maximum Gasteiger partial charge on any atom is 0.352 e. The number of allylic oxidation sites excluding steroid dienone is 1. The summed E-state index contributed by atoms with van der Waals surface area (Å²) in [6.07, 6.45) is 0.920. The number of carboxylic acid groups (broad SMARTS) is 1. The average Bonchev–Trinajstić information content (AvgIpc) is 2.56. The van der Waals surface area contributed by atoms with Gasteiger partial charge in [-0.1, -0.05) is 17.7 Å². The lowest BCUT2D eigenvalue weighted by atomic mass is 10.1. The van der Waals surface area contributed by atoms with Crippen LogP contribution in [0.1, 0.15) is 15.9 Å². The van der Waals surface area contributed by atoms with Gasteiger partial charge in [0.1, 0.15) is 5.70 Å². The molecular weight excluding hydrogens is 348 g/mol. The largest absolute Gasteiger partial charge is 0.477 e. The lowest BCUT2D eigenvalue weighted by Crippen LogP contribution is -2.13. The van der Waals surface area contributed by atoms with Gasteiger partial charge in [-0.25, -0.2) is 4.79 Å². The summed E-state index contributed by atoms with van der Waals surface area (Å²) in [7, 11) is 0. The summed E-state index contributed by atoms with van der Waals surface area (Å²) in [6, 6.07) is 9.98. The van der Waals surface area contributed by atoms with E-state index >= 15 is 0 Å². The van der Waals surface area contributed by atoms with Crippen LogP contribution in [-0.2, 0) is 4.79 Å². The molecule has 128 valence electrons. The maximum atomic E-state index is 12.2. The molecule has 2 aromatic rings. The van der Waals surface area contributed by atoms with Gasteiger partial charge in [0.15, 0.2) is 5.78 Å². The van der Waals surface area contributed by atoms with E-state index in [1.807, 2.05) is 0 Å². The van der Waals surface area contributed by atoms with E-state index in [4.69, 9.17) is 11.6 Å². The molecule has 0 aromatic heterocycles. The van der Waals surface area contributed by atoms with E-state index in [0.717, 1.165) is 6.08 Å². The van der Waals surface area contributed by atoms with E-state index in [1.165, 1.54) is 42.5 Å². The van der Waals surface area contributed by atoms with Crippen molar-refractivity contribution in [1.82, 2.24) is 0 Å². The van der Waals surface area contributed by atoms with Crippen molar-refractivity contribution in [2.75, 3.05) is 5.32 Å². The highest BCUT2D eigenvalue weighted by atomic mass is 35.5. The van der Waals surface area contributed by atoms with Crippen LogP contribution in [0.4, 0.5) is 11.4 Å². The zero-order valence-corrected chi connectivity index (χ0v) is 13.8. The number of carbonyl (C=O) groups is 2. The van der Waals surface area contributed by atoms with Crippen molar-refractivity contribution in [3.63, 3.8) is 0 Å². The fourth-order valence-electron chi connectivity index (χ4n) is 1.98. The Bertz CT molecular complexity index is 875. The maximum absolute atomic E-state index is 12.2. The standard InChI is InChI=1S/C17H13ClN2O5/c1-10-2-7-13(20(24)25)8-14(10)19-15(17(22)23)9-16(21)11-3-5-12(18)6-4-11/h2-9,19H,1H3,(H,22,23). The molecule has 0 aliphatic heterocycles. The van der Waals surface area contributed by atoms with Crippen LogP contribution in [0, 0.1) is 17.0 Å². The normalized spacial score (nSPS) is 11.0. The molecule has 25 heavy (non-hydrogen) atoms. The van der Waals surface area contributed by atoms with Crippen LogP contribution in [0.3, 0.4) is 0 Å². The number of benzene rings is 2. The number of ketones is 1. The molecule has 2 rings (SSSR count). The molecular formula is C17H13ClN2O5. The van der Waals surface area contributed by atoms with Crippen molar-refractivity contribution >= 4 is 34.7 Å². The molecule has 8 heteroatoms. The first-order chi connectivity index (χ1) is 11.8. The molecule has 0 fully saturated rings. The lowest BCUT2D eigenvalue weighted by Gasteiger charge is -2.10. The number of aliphatic carboxylic acids is 1. The lowest BCUT2D eigenvalue weighted by molar-refractivity contribution is -0.384. The molecule has 0 aliphatic rings. The second-order valence-electron chi connectivity index (χ2n) is 5.12. The predicted molar refractivity (Wildman–Crippen MR) is 93.0 cm³/mol. The van der Waals surface area contributed by atoms with Crippen LogP contribution in [0.25, 0.3) is 0 Å². The molecule has 0 atom stereocenters. The third-order valence-corrected chi connectivity index (χ3v) is 3.59. The Kier molecular flexibility index (Phi) is 5.51. The number of nitrogens with zero attached hydrogens (tertiary/aromatic N) is 1. The van der Waals surface area contributed by atoms with Gasteiger partial charge in [-0.15, -0.1) is 0 Å². The van der Waals surface area contributed by atoms with Gasteiger partial charge < -0.3 is 10.4 Å². The molecule has 0 amide bonds. The highest BCUT2D eigenvalue weighted by molar-refractivity contribution is 6.30. The van der Waals surface area contributed by atoms with Gasteiger partial charge in [-0.05, 0) is 36.8 Å². The molecule has 0 bridgehead atoms. The first-order valence-electron chi connectivity index (χ1n) is 7.05. The Hall–Kier alpha value is -3.19. The molecule has 0 spiro atoms. The molecule has 0 aliphatic carbocycles. The van der Waals surface area contributed by atoms with Gasteiger partial charge in [0, 0.05) is 34.5 Å². The number of nitro benzene ring substituents is 1. The molecule has 0 saturated heterocycles. The summed E-state index contributed by atoms with van der Waals surface area (Å²) >= 11 is 5.75. The monoisotopic (exact) mass is 360 g/mol. The number of hydrogen-bond donors (Lipinski definition) is 2. The van der Waals surface area contributed by atoms with Gasteiger partial charge in [-0.2, -0.15) is 0 Å². The van der Waals surface area contributed by atoms with Crippen molar-refractivity contribution in [2.24, 2.45) is 0 Å². The van der Waals surface area contributed by atoms with E-state index in [2.05, 4.69) is 5.32 Å². The number of non-ortho nitro benzene ring substituents is 1. The summed E-state index contributed by atoms with van der Waals surface area (Å²) in [5.41, 5.74) is 0.495. The predicted octanol–water partition coefficient (Wildman–Crippen LogP) is 3.82. The van der Waals surface area contributed by atoms with Crippen molar-refractivity contribution < 1.29 is 19.6 Å². The number of anilines is 1. The minimum absolute atomic E-state index is 0.193. The molecule has 0 heterocycles. The Morgan fingerprint density at radius 1 is 1.20 bits per heavy atom. The summed E-state index contributed by atoms with van der Waals surface area (Å²) in [4.78, 5) is 33.9. The molecule has 0 radical (unpaired) electrons. The van der Waals surface area contributed by atoms with Crippen molar-refractivity contribution in [1.29, 1.82) is 0 Å². The number of carbonyl (C=O) groups excluding carboxylic acids is 1. The molecule has 2 aromatic carbocycles. The van der Waals surface area contributed by atoms with Gasteiger partial charge in [0.05, 0.1) is 4.92 Å². The smallest absolute Gasteiger partial charge is 0.352 e. The third-order valence-electron chi connectivity index (χ3n) is 3.34. The van der Waals surface area contributed by atoms with Crippen LogP contribution in [0.5, 0.6) is 0 Å². The van der Waals surface area contributed by atoms with Crippen LogP contribution in [0.15, 0.2) is 54.2 Å². The minimum atomic E-state index is -1.37. The van der Waals surface area contributed by atoms with Crippen molar-refractivity contribution in [3.8, 4) is 0 Å². The molecule has 7 nitrogen and oxygen atoms in total. The number of rotatable bonds is 6. The molecule has 0 unspecified atom stereocenters. The van der Waals surface area contributed by atoms with Crippen LogP contribution < -0.4 is 5.32 Å². The Labute approximate surface area is 147 Å². The topological polar surface area (TPSA) is 110 Å². The Morgan fingerprint density at radius 3 is 2.40 bits per heavy atom. The average molecular weight is 361 g/mol. The SMILES string of the molecule is Cc1ccc([N+](=O)[O-])cc1NC(=CC(=O)c1ccc(Cl)cc1)C(=O)O. The van der Waals surface area contributed by atoms with Crippen molar-refractivity contribution in [2.45, 2.75) is 6.92 Å². The minimum Gasteiger partial charge on any atom is -0.477 e. The second-order valence-corrected chi connectivity index (χ2v) is 5.55. The fourth-order valence-corrected chi connectivity index (χ4v) is 2.11. The zero-order chi connectivity index (χ0) is 18.6. The Balaban J connectivity index is 2.34. The second kappa shape index (κ2) is 7.59. The number of halogens is 1. The summed E-state index contributed by atoms with van der Waals surface area (Å²) < 4.78 is 0. The van der Waals surface area contributed by atoms with Crippen LogP contribution in [-0.4, -0.2) is 21.8 Å². The quantitative estimate of drug-likeness (QED) is 0.351. The number of hydrogen-bond acceptors (Lipinski definition) is 5. The number of carboxylic acids is 1. The van der Waals surface area contributed by atoms with Gasteiger partial charge >= 0.3 is 5.97 Å². The Morgan fingerprint density at radius 2 is 1.84 bits per heavy atom. The highest BCUT2D eigenvalue weighted by Crippen LogP contribution is 2.23. The summed E-state index contributed by atoms with van der Waals surface area (Å²) in [6.45, 7) is 1.66. The number of aryl methyl sites for hydroxylation is 1. The molecule has 0 saturated carbocycles. The van der Waals surface area contributed by atoms with E-state index in [0.29, 0.717) is 10.6 Å². The van der Waals surface area contributed by atoms with Crippen molar-refractivity contribution in [3.05, 3.63) is 80.5 Å².